The van der Waals surface area contributed by atoms with Gasteiger partial charge in [0.05, 0.1) is 5.41 Å². The molecule has 6 aliphatic carbocycles. The lowest BCUT2D eigenvalue weighted by Crippen LogP contribution is -2.59. The molecule has 2 heteroatoms. The van der Waals surface area contributed by atoms with Gasteiger partial charge in [0.15, 0.2) is 0 Å². The predicted octanol–water partition coefficient (Wildman–Crippen LogP) is 7.60. The van der Waals surface area contributed by atoms with E-state index in [1.54, 1.807) is 0 Å². The third kappa shape index (κ3) is 2.46. The summed E-state index contributed by atoms with van der Waals surface area (Å²) < 4.78 is 0. The number of carbonyl (C=O) groups excluding carboxylic acids is 1. The van der Waals surface area contributed by atoms with Gasteiger partial charge in [0, 0.05) is 0 Å². The van der Waals surface area contributed by atoms with Gasteiger partial charge in [-0.1, -0.05) is 60.8 Å². The summed E-state index contributed by atoms with van der Waals surface area (Å²) >= 11 is 0. The molecule has 0 aliphatic heterocycles. The van der Waals surface area contributed by atoms with Gasteiger partial charge in [0.1, 0.15) is 0 Å². The van der Waals surface area contributed by atoms with Gasteiger partial charge >= 0.3 is 0 Å². The predicted molar refractivity (Wildman–Crippen MR) is 135 cm³/mol. The minimum absolute atomic E-state index is 0.0371. The summed E-state index contributed by atoms with van der Waals surface area (Å²) in [5.74, 6) is 6.01. The van der Waals surface area contributed by atoms with Crippen LogP contribution in [0.5, 0.6) is 0 Å². The van der Waals surface area contributed by atoms with E-state index in [-0.39, 0.29) is 27.6 Å². The van der Waals surface area contributed by atoms with Crippen LogP contribution in [-0.2, 0) is 4.79 Å². The third-order valence-corrected chi connectivity index (χ3v) is 15.0. The van der Waals surface area contributed by atoms with E-state index in [4.69, 9.17) is 5.73 Å². The van der Waals surface area contributed by atoms with Crippen LogP contribution in [0.2, 0.25) is 0 Å². The van der Waals surface area contributed by atoms with Gasteiger partial charge < -0.3 is 5.73 Å². The minimum atomic E-state index is -0.340. The Bertz CT molecular complexity index is 838. The zero-order valence-corrected chi connectivity index (χ0v) is 22.5. The Kier molecular flexibility index (Phi) is 4.73. The molecule has 1 amide bonds. The highest BCUT2D eigenvalue weighted by Gasteiger charge is 2.82. The number of fused-ring (bicyclic) bond motifs is 7. The molecular formula is C31H51NO. The lowest BCUT2D eigenvalue weighted by atomic mass is 9.42. The quantitative estimate of drug-likeness (QED) is 0.459. The van der Waals surface area contributed by atoms with Crippen molar-refractivity contribution in [1.82, 2.24) is 0 Å². The number of rotatable bonds is 2. The summed E-state index contributed by atoms with van der Waals surface area (Å²) in [6.07, 6.45) is 16.7. The number of hydrogen-bond donors (Lipinski definition) is 1. The van der Waals surface area contributed by atoms with E-state index in [1.165, 1.54) is 70.6 Å². The molecule has 6 rings (SSSR count). The number of hydrogen-bond acceptors (Lipinski definition) is 1. The molecule has 6 aliphatic rings. The van der Waals surface area contributed by atoms with Crippen LogP contribution < -0.4 is 5.73 Å². The van der Waals surface area contributed by atoms with Gasteiger partial charge in [-0.2, -0.15) is 0 Å². The van der Waals surface area contributed by atoms with Gasteiger partial charge in [0.25, 0.3) is 0 Å². The van der Waals surface area contributed by atoms with Crippen LogP contribution in [-0.4, -0.2) is 5.91 Å². The highest BCUT2D eigenvalue weighted by molar-refractivity contribution is 5.83. The maximum absolute atomic E-state index is 13.7. The molecule has 0 spiro atoms. The van der Waals surface area contributed by atoms with Crippen molar-refractivity contribution in [2.24, 2.45) is 74.2 Å². The zero-order valence-electron chi connectivity index (χ0n) is 22.5. The van der Waals surface area contributed by atoms with Gasteiger partial charge in [-0.3, -0.25) is 4.79 Å². The molecular weight excluding hydrogens is 402 g/mol. The van der Waals surface area contributed by atoms with Crippen LogP contribution in [0.4, 0.5) is 0 Å². The van der Waals surface area contributed by atoms with Crippen molar-refractivity contribution in [3.05, 3.63) is 0 Å². The Morgan fingerprint density at radius 2 is 1.21 bits per heavy atom. The first kappa shape index (κ1) is 22.9. The second kappa shape index (κ2) is 6.82. The Labute approximate surface area is 203 Å². The van der Waals surface area contributed by atoms with E-state index in [1.807, 2.05) is 0 Å². The number of amides is 1. The second-order valence-electron chi connectivity index (χ2n) is 15.4. The summed E-state index contributed by atoms with van der Waals surface area (Å²) in [4.78, 5) is 13.7. The standard InChI is InChI=1S/C31H51NO/c1-27(2)28(3,4)31(26(32)33)16-15-23-22-12-11-19-9-7-8-10-20(19)21(22)13-14-24(23)25(31)30(27,6)29(5)17-18-29/h19-25H,7-18H2,1-6H3,(H2,32,33). The summed E-state index contributed by atoms with van der Waals surface area (Å²) in [6.45, 7) is 15.1. The Morgan fingerprint density at radius 1 is 0.636 bits per heavy atom. The van der Waals surface area contributed by atoms with Crippen molar-refractivity contribution in [1.29, 1.82) is 0 Å². The maximum Gasteiger partial charge on any atom is 0.224 e. The van der Waals surface area contributed by atoms with E-state index in [9.17, 15) is 4.79 Å². The molecule has 6 saturated carbocycles. The summed E-state index contributed by atoms with van der Waals surface area (Å²) in [7, 11) is 0. The normalized spacial score (nSPS) is 53.2. The van der Waals surface area contributed by atoms with Crippen molar-refractivity contribution in [2.45, 2.75) is 119 Å². The smallest absolute Gasteiger partial charge is 0.224 e. The molecule has 33 heavy (non-hydrogen) atoms. The van der Waals surface area contributed by atoms with Gasteiger partial charge in [0.2, 0.25) is 5.91 Å². The first-order valence-corrected chi connectivity index (χ1v) is 14.7. The Balaban J connectivity index is 1.44. The first-order valence-electron chi connectivity index (χ1n) is 14.7. The average molecular weight is 454 g/mol. The fraction of sp³-hybridized carbons (Fsp3) is 0.968. The van der Waals surface area contributed by atoms with E-state index >= 15 is 0 Å². The number of carbonyl (C=O) groups is 1. The van der Waals surface area contributed by atoms with Gasteiger partial charge in [-0.05, 0) is 121 Å². The Morgan fingerprint density at radius 3 is 1.88 bits per heavy atom. The van der Waals surface area contributed by atoms with E-state index in [0.717, 1.165) is 36.0 Å². The van der Waals surface area contributed by atoms with Crippen molar-refractivity contribution < 1.29 is 4.79 Å². The highest BCUT2D eigenvalue weighted by Crippen LogP contribution is 2.85. The molecule has 186 valence electrons. The van der Waals surface area contributed by atoms with Crippen LogP contribution in [0.1, 0.15) is 119 Å². The van der Waals surface area contributed by atoms with Gasteiger partial charge in [-0.25, -0.2) is 0 Å². The third-order valence-electron chi connectivity index (χ3n) is 15.0. The van der Waals surface area contributed by atoms with Crippen LogP contribution in [0.25, 0.3) is 0 Å². The molecule has 0 aromatic rings. The molecule has 0 aromatic carbocycles. The van der Waals surface area contributed by atoms with Crippen LogP contribution in [0.3, 0.4) is 0 Å². The van der Waals surface area contributed by atoms with Crippen LogP contribution >= 0.6 is 0 Å². The summed E-state index contributed by atoms with van der Waals surface area (Å²) in [5, 5.41) is 0. The van der Waals surface area contributed by atoms with Crippen molar-refractivity contribution in [3.63, 3.8) is 0 Å². The van der Waals surface area contributed by atoms with E-state index < -0.39 is 0 Å². The second-order valence-corrected chi connectivity index (χ2v) is 15.4. The molecule has 6 fully saturated rings. The molecule has 2 nitrogen and oxygen atoms in total. The fourth-order valence-corrected chi connectivity index (χ4v) is 12.4. The monoisotopic (exact) mass is 453 g/mol. The van der Waals surface area contributed by atoms with Gasteiger partial charge in [-0.15, -0.1) is 0 Å². The zero-order chi connectivity index (χ0) is 23.6. The lowest BCUT2D eigenvalue weighted by Gasteiger charge is -2.61. The maximum atomic E-state index is 13.7. The molecule has 0 heterocycles. The topological polar surface area (TPSA) is 43.1 Å². The van der Waals surface area contributed by atoms with E-state index in [2.05, 4.69) is 41.5 Å². The fourth-order valence-electron chi connectivity index (χ4n) is 12.4. The molecule has 0 bridgehead atoms. The lowest BCUT2D eigenvalue weighted by molar-refractivity contribution is -0.161. The molecule has 2 N–H and O–H groups in total. The van der Waals surface area contributed by atoms with Crippen LogP contribution in [0, 0.1) is 68.5 Å². The average Bonchev–Trinajstić information content (AvgIpc) is 3.53. The van der Waals surface area contributed by atoms with Crippen molar-refractivity contribution in [3.8, 4) is 0 Å². The Hall–Kier alpha value is -0.530. The SMILES string of the molecule is CC1(C2(C)C3C4CCC5C6CCCCC6CCC5C4CCC3(C(N)=O)C(C)(C)C2(C)C)CC1. The van der Waals surface area contributed by atoms with Crippen molar-refractivity contribution >= 4 is 5.91 Å². The van der Waals surface area contributed by atoms with Crippen LogP contribution in [0.15, 0.2) is 0 Å². The molecule has 0 aromatic heterocycles. The largest absolute Gasteiger partial charge is 0.369 e. The summed E-state index contributed by atoms with van der Waals surface area (Å²) in [5.41, 5.74) is 6.76. The number of nitrogens with two attached hydrogens (primary N) is 1. The minimum Gasteiger partial charge on any atom is -0.369 e. The van der Waals surface area contributed by atoms with Crippen molar-refractivity contribution in [2.75, 3.05) is 0 Å². The number of primary amides is 1. The highest BCUT2D eigenvalue weighted by atomic mass is 16.1. The molecule has 0 radical (unpaired) electrons. The van der Waals surface area contributed by atoms with E-state index in [0.29, 0.717) is 17.3 Å². The first-order chi connectivity index (χ1) is 15.4. The molecule has 9 unspecified atom stereocenters. The molecule has 9 atom stereocenters. The molecule has 0 saturated heterocycles. The summed E-state index contributed by atoms with van der Waals surface area (Å²) in [6, 6.07) is 0.